The van der Waals surface area contributed by atoms with Crippen LogP contribution in [0.4, 0.5) is 0 Å². The summed E-state index contributed by atoms with van der Waals surface area (Å²) >= 11 is 5.12. The van der Waals surface area contributed by atoms with Crippen LogP contribution in [-0.4, -0.2) is 19.9 Å². The average Bonchev–Trinajstić information content (AvgIpc) is 3.20. The summed E-state index contributed by atoms with van der Waals surface area (Å²) in [5.74, 6) is 0. The van der Waals surface area contributed by atoms with E-state index < -0.39 is 0 Å². The molecule has 0 spiro atoms. The molecule has 7 heteroatoms. The molecule has 0 amide bonds. The lowest BCUT2D eigenvalue weighted by Gasteiger charge is -2.11. The van der Waals surface area contributed by atoms with Crippen molar-refractivity contribution in [3.05, 3.63) is 34.5 Å². The zero-order valence-corrected chi connectivity index (χ0v) is 14.6. The summed E-state index contributed by atoms with van der Waals surface area (Å²) in [5.41, 5.74) is 1.47. The molecule has 0 saturated carbocycles. The fourth-order valence-corrected chi connectivity index (χ4v) is 6.15. The minimum Gasteiger partial charge on any atom is -0.229 e. The van der Waals surface area contributed by atoms with Gasteiger partial charge in [-0.25, -0.2) is 19.9 Å². The normalized spacial score (nSPS) is 14.4. The number of rotatable bonds is 2. The van der Waals surface area contributed by atoms with E-state index in [0.717, 1.165) is 31.5 Å². The third-order valence-electron chi connectivity index (χ3n) is 4.14. The molecule has 4 aromatic heterocycles. The van der Waals surface area contributed by atoms with E-state index in [1.165, 1.54) is 35.1 Å². The molecule has 0 saturated heterocycles. The zero-order valence-electron chi connectivity index (χ0n) is 12.2. The number of hydrogen-bond acceptors (Lipinski definition) is 7. The van der Waals surface area contributed by atoms with Crippen LogP contribution in [-0.2, 0) is 12.8 Å². The summed E-state index contributed by atoms with van der Waals surface area (Å²) in [6.07, 6.45) is 8.20. The van der Waals surface area contributed by atoms with Gasteiger partial charge in [0.05, 0.1) is 0 Å². The molecule has 5 rings (SSSR count). The standard InChI is InChI=1S/C16H12N4S3/c1-2-4-11-9(3-1)12-15(22-11)19-8-20-16(12)23-14-10-5-6-21-13(10)17-7-18-14/h5-8H,1-4H2. The highest BCUT2D eigenvalue weighted by atomic mass is 32.2. The van der Waals surface area contributed by atoms with Crippen molar-refractivity contribution in [2.75, 3.05) is 0 Å². The van der Waals surface area contributed by atoms with Crippen LogP contribution < -0.4 is 0 Å². The smallest absolute Gasteiger partial charge is 0.128 e. The monoisotopic (exact) mass is 356 g/mol. The van der Waals surface area contributed by atoms with Gasteiger partial charge in [0.25, 0.3) is 0 Å². The molecule has 1 aliphatic rings. The van der Waals surface area contributed by atoms with Gasteiger partial charge < -0.3 is 0 Å². The molecule has 0 aliphatic heterocycles. The Balaban J connectivity index is 1.68. The maximum atomic E-state index is 4.58. The summed E-state index contributed by atoms with van der Waals surface area (Å²) in [7, 11) is 0. The van der Waals surface area contributed by atoms with Gasteiger partial charge in [-0.05, 0) is 54.5 Å². The third kappa shape index (κ3) is 2.26. The van der Waals surface area contributed by atoms with Gasteiger partial charge in [-0.15, -0.1) is 22.7 Å². The van der Waals surface area contributed by atoms with Crippen LogP contribution in [0.2, 0.25) is 0 Å². The third-order valence-corrected chi connectivity index (χ3v) is 7.18. The quantitative estimate of drug-likeness (QED) is 0.486. The van der Waals surface area contributed by atoms with Crippen molar-refractivity contribution < 1.29 is 0 Å². The number of aryl methyl sites for hydroxylation is 2. The van der Waals surface area contributed by atoms with Gasteiger partial charge >= 0.3 is 0 Å². The Hall–Kier alpha value is -1.57. The first-order valence-electron chi connectivity index (χ1n) is 7.51. The van der Waals surface area contributed by atoms with Crippen LogP contribution in [0.15, 0.2) is 34.2 Å². The summed E-state index contributed by atoms with van der Waals surface area (Å²) < 4.78 is 0. The molecule has 0 radical (unpaired) electrons. The number of fused-ring (bicyclic) bond motifs is 4. The minimum atomic E-state index is 0.979. The Labute approximate surface area is 145 Å². The minimum absolute atomic E-state index is 0.979. The maximum Gasteiger partial charge on any atom is 0.128 e. The second kappa shape index (κ2) is 5.51. The van der Waals surface area contributed by atoms with Gasteiger partial charge in [0.1, 0.15) is 32.4 Å². The van der Waals surface area contributed by atoms with Crippen molar-refractivity contribution in [2.45, 2.75) is 35.7 Å². The number of thiophene rings is 2. The van der Waals surface area contributed by atoms with E-state index in [1.54, 1.807) is 35.8 Å². The lowest BCUT2D eigenvalue weighted by atomic mass is 9.97. The second-order valence-corrected chi connectivity index (χ2v) is 8.45. The average molecular weight is 357 g/mol. The largest absolute Gasteiger partial charge is 0.229 e. The summed E-state index contributed by atoms with van der Waals surface area (Å²) in [6.45, 7) is 0. The molecule has 0 N–H and O–H groups in total. The Bertz CT molecular complexity index is 1020. The molecular weight excluding hydrogens is 344 g/mol. The van der Waals surface area contributed by atoms with Crippen LogP contribution in [0.25, 0.3) is 20.4 Å². The van der Waals surface area contributed by atoms with E-state index in [2.05, 4.69) is 31.4 Å². The maximum absolute atomic E-state index is 4.58. The van der Waals surface area contributed by atoms with Gasteiger partial charge in [0.2, 0.25) is 0 Å². The van der Waals surface area contributed by atoms with Crippen LogP contribution in [0.3, 0.4) is 0 Å². The summed E-state index contributed by atoms with van der Waals surface area (Å²) in [4.78, 5) is 21.5. The van der Waals surface area contributed by atoms with Crippen molar-refractivity contribution in [1.29, 1.82) is 0 Å². The summed E-state index contributed by atoms with van der Waals surface area (Å²) in [6, 6.07) is 2.09. The Kier molecular flexibility index (Phi) is 3.31. The van der Waals surface area contributed by atoms with E-state index in [0.29, 0.717) is 0 Å². The number of nitrogens with zero attached hydrogens (tertiary/aromatic N) is 4. The van der Waals surface area contributed by atoms with Crippen LogP contribution in [0.1, 0.15) is 23.3 Å². The zero-order chi connectivity index (χ0) is 15.2. The fourth-order valence-electron chi connectivity index (χ4n) is 3.08. The van der Waals surface area contributed by atoms with Crippen LogP contribution in [0, 0.1) is 0 Å². The van der Waals surface area contributed by atoms with Gasteiger partial charge in [-0.2, -0.15) is 0 Å². The molecule has 0 unspecified atom stereocenters. The molecule has 114 valence electrons. The molecule has 23 heavy (non-hydrogen) atoms. The lowest BCUT2D eigenvalue weighted by molar-refractivity contribution is 0.699. The fraction of sp³-hybridized carbons (Fsp3) is 0.250. The van der Waals surface area contributed by atoms with Gasteiger partial charge in [0.15, 0.2) is 0 Å². The van der Waals surface area contributed by atoms with E-state index in [9.17, 15) is 0 Å². The molecule has 0 bridgehead atoms. The molecule has 0 aromatic carbocycles. The topological polar surface area (TPSA) is 51.6 Å². The van der Waals surface area contributed by atoms with Crippen molar-refractivity contribution in [3.8, 4) is 0 Å². The predicted octanol–water partition coefficient (Wildman–Crippen LogP) is 4.73. The van der Waals surface area contributed by atoms with E-state index in [-0.39, 0.29) is 0 Å². The highest BCUT2D eigenvalue weighted by molar-refractivity contribution is 7.99. The van der Waals surface area contributed by atoms with Crippen molar-refractivity contribution in [2.24, 2.45) is 0 Å². The molecule has 1 aliphatic carbocycles. The highest BCUT2D eigenvalue weighted by Gasteiger charge is 2.21. The second-order valence-electron chi connectivity index (χ2n) is 5.49. The summed E-state index contributed by atoms with van der Waals surface area (Å²) in [5, 5.41) is 6.43. The first kappa shape index (κ1) is 13.8. The first-order valence-corrected chi connectivity index (χ1v) is 10.0. The predicted molar refractivity (Wildman–Crippen MR) is 95.6 cm³/mol. The van der Waals surface area contributed by atoms with Crippen LogP contribution in [0.5, 0.6) is 0 Å². The number of hydrogen-bond donors (Lipinski definition) is 0. The van der Waals surface area contributed by atoms with E-state index in [1.807, 2.05) is 11.3 Å². The van der Waals surface area contributed by atoms with Gasteiger partial charge in [-0.3, -0.25) is 0 Å². The first-order chi connectivity index (χ1) is 11.4. The Morgan fingerprint density at radius 2 is 1.74 bits per heavy atom. The van der Waals surface area contributed by atoms with Crippen LogP contribution >= 0.6 is 34.4 Å². The van der Waals surface area contributed by atoms with Crippen molar-refractivity contribution >= 4 is 54.9 Å². The van der Waals surface area contributed by atoms with Crippen molar-refractivity contribution in [3.63, 3.8) is 0 Å². The highest BCUT2D eigenvalue weighted by Crippen LogP contribution is 2.41. The van der Waals surface area contributed by atoms with Gasteiger partial charge in [0, 0.05) is 15.6 Å². The number of aromatic nitrogens is 4. The molecule has 4 aromatic rings. The molecule has 0 fully saturated rings. The van der Waals surface area contributed by atoms with E-state index in [4.69, 9.17) is 0 Å². The molecule has 0 atom stereocenters. The SMILES string of the molecule is c1nc(Sc2ncnc3sc4c(c23)CCCC4)c2ccsc2n1. The molecule has 4 nitrogen and oxygen atoms in total. The van der Waals surface area contributed by atoms with Gasteiger partial charge in [-0.1, -0.05) is 0 Å². The molecular formula is C16H12N4S3. The lowest BCUT2D eigenvalue weighted by Crippen LogP contribution is -1.99. The van der Waals surface area contributed by atoms with E-state index >= 15 is 0 Å². The Morgan fingerprint density at radius 3 is 2.70 bits per heavy atom. The molecule has 4 heterocycles. The Morgan fingerprint density at radius 1 is 0.913 bits per heavy atom. The van der Waals surface area contributed by atoms with Crippen molar-refractivity contribution in [1.82, 2.24) is 19.9 Å².